The number of amides is 2. The van der Waals surface area contributed by atoms with Crippen LogP contribution in [0.2, 0.25) is 0 Å². The molecule has 0 unspecified atom stereocenters. The second kappa shape index (κ2) is 5.40. The van der Waals surface area contributed by atoms with Crippen LogP contribution >= 0.6 is 0 Å². The number of carbonyl (C=O) groups excluding carboxylic acids is 1. The number of rotatable bonds is 3. The summed E-state index contributed by atoms with van der Waals surface area (Å²) in [5.41, 5.74) is 13.2. The van der Waals surface area contributed by atoms with Gasteiger partial charge in [-0.2, -0.15) is 0 Å². The zero-order valence-corrected chi connectivity index (χ0v) is 10.6. The van der Waals surface area contributed by atoms with Gasteiger partial charge in [-0.25, -0.2) is 4.79 Å². The quantitative estimate of drug-likeness (QED) is 0.766. The lowest BCUT2D eigenvalue weighted by Gasteiger charge is -2.38. The Labute approximate surface area is 108 Å². The Hall–Kier alpha value is -1.55. The van der Waals surface area contributed by atoms with E-state index in [4.69, 9.17) is 11.5 Å². The molecule has 0 aliphatic heterocycles. The van der Waals surface area contributed by atoms with Crippen molar-refractivity contribution in [3.8, 4) is 0 Å². The van der Waals surface area contributed by atoms with Gasteiger partial charge in [0.25, 0.3) is 0 Å². The van der Waals surface area contributed by atoms with Gasteiger partial charge in [-0.05, 0) is 24.5 Å². The number of anilines is 1. The standard InChI is InChI=1S/C14H21N3O/c15-10-14(8-4-1-5-9-14)11-6-2-3-7-12(11)17-13(16)18/h2-3,6-7H,1,4-5,8-10,15H2,(H3,16,17,18). The van der Waals surface area contributed by atoms with E-state index < -0.39 is 6.03 Å². The molecule has 0 heterocycles. The zero-order chi connectivity index (χ0) is 13.0. The molecule has 1 aliphatic carbocycles. The molecule has 1 aromatic carbocycles. The summed E-state index contributed by atoms with van der Waals surface area (Å²) < 4.78 is 0. The highest BCUT2D eigenvalue weighted by molar-refractivity contribution is 5.89. The first kappa shape index (κ1) is 12.9. The van der Waals surface area contributed by atoms with Crippen LogP contribution in [0.1, 0.15) is 37.7 Å². The third kappa shape index (κ3) is 2.48. The van der Waals surface area contributed by atoms with E-state index in [0.717, 1.165) is 24.1 Å². The van der Waals surface area contributed by atoms with Gasteiger partial charge < -0.3 is 16.8 Å². The predicted molar refractivity (Wildman–Crippen MR) is 73.5 cm³/mol. The van der Waals surface area contributed by atoms with Crippen molar-refractivity contribution in [2.75, 3.05) is 11.9 Å². The van der Waals surface area contributed by atoms with Crippen LogP contribution in [0.25, 0.3) is 0 Å². The third-order valence-electron chi connectivity index (χ3n) is 3.96. The van der Waals surface area contributed by atoms with Crippen molar-refractivity contribution >= 4 is 11.7 Å². The Bertz CT molecular complexity index is 425. The molecule has 4 nitrogen and oxygen atoms in total. The first-order valence-electron chi connectivity index (χ1n) is 6.54. The lowest BCUT2D eigenvalue weighted by atomic mass is 9.69. The predicted octanol–water partition coefficient (Wildman–Crippen LogP) is 2.34. The highest BCUT2D eigenvalue weighted by Crippen LogP contribution is 2.41. The van der Waals surface area contributed by atoms with Crippen molar-refractivity contribution in [1.82, 2.24) is 0 Å². The smallest absolute Gasteiger partial charge is 0.316 e. The van der Waals surface area contributed by atoms with E-state index in [-0.39, 0.29) is 5.41 Å². The zero-order valence-electron chi connectivity index (χ0n) is 10.6. The number of nitrogens with two attached hydrogens (primary N) is 2. The summed E-state index contributed by atoms with van der Waals surface area (Å²) in [6, 6.07) is 7.33. The minimum Gasteiger partial charge on any atom is -0.351 e. The summed E-state index contributed by atoms with van der Waals surface area (Å²) in [7, 11) is 0. The molecule has 1 fully saturated rings. The van der Waals surface area contributed by atoms with E-state index in [1.807, 2.05) is 18.2 Å². The molecule has 98 valence electrons. The average Bonchev–Trinajstić information content (AvgIpc) is 2.39. The van der Waals surface area contributed by atoms with Crippen LogP contribution < -0.4 is 16.8 Å². The molecule has 0 atom stereocenters. The second-order valence-electron chi connectivity index (χ2n) is 5.08. The largest absolute Gasteiger partial charge is 0.351 e. The summed E-state index contributed by atoms with van der Waals surface area (Å²) in [6.07, 6.45) is 5.83. The lowest BCUT2D eigenvalue weighted by molar-refractivity contribution is 0.259. The fourth-order valence-electron chi connectivity index (χ4n) is 3.00. The first-order valence-corrected chi connectivity index (χ1v) is 6.54. The average molecular weight is 247 g/mol. The summed E-state index contributed by atoms with van der Waals surface area (Å²) >= 11 is 0. The summed E-state index contributed by atoms with van der Waals surface area (Å²) in [6.45, 7) is 0.616. The number of hydrogen-bond donors (Lipinski definition) is 3. The Morgan fingerprint density at radius 3 is 2.50 bits per heavy atom. The molecular weight excluding hydrogens is 226 g/mol. The lowest BCUT2D eigenvalue weighted by Crippen LogP contribution is -2.38. The molecule has 0 radical (unpaired) electrons. The second-order valence-corrected chi connectivity index (χ2v) is 5.08. The van der Waals surface area contributed by atoms with Gasteiger partial charge in [-0.3, -0.25) is 0 Å². The number of benzene rings is 1. The van der Waals surface area contributed by atoms with E-state index in [2.05, 4.69) is 11.4 Å². The maximum atomic E-state index is 11.1. The van der Waals surface area contributed by atoms with Crippen LogP contribution in [0, 0.1) is 0 Å². The van der Waals surface area contributed by atoms with Crippen molar-refractivity contribution in [3.05, 3.63) is 29.8 Å². The van der Waals surface area contributed by atoms with Gasteiger partial charge >= 0.3 is 6.03 Å². The normalized spacial score (nSPS) is 18.3. The van der Waals surface area contributed by atoms with E-state index in [9.17, 15) is 4.79 Å². The third-order valence-corrected chi connectivity index (χ3v) is 3.96. The molecule has 2 amide bonds. The van der Waals surface area contributed by atoms with E-state index in [1.165, 1.54) is 19.3 Å². The number of hydrogen-bond acceptors (Lipinski definition) is 2. The molecule has 2 rings (SSSR count). The van der Waals surface area contributed by atoms with Crippen LogP contribution in [-0.4, -0.2) is 12.6 Å². The fourth-order valence-corrected chi connectivity index (χ4v) is 3.00. The Kier molecular flexibility index (Phi) is 3.87. The number of para-hydroxylation sites is 1. The topological polar surface area (TPSA) is 81.1 Å². The summed E-state index contributed by atoms with van der Waals surface area (Å²) in [4.78, 5) is 11.1. The van der Waals surface area contributed by atoms with E-state index >= 15 is 0 Å². The molecule has 0 aromatic heterocycles. The van der Waals surface area contributed by atoms with Gasteiger partial charge in [0.2, 0.25) is 0 Å². The van der Waals surface area contributed by atoms with Gasteiger partial charge in [-0.1, -0.05) is 37.5 Å². The molecule has 0 spiro atoms. The van der Waals surface area contributed by atoms with Crippen molar-refractivity contribution in [1.29, 1.82) is 0 Å². The Balaban J connectivity index is 2.38. The molecule has 0 saturated heterocycles. The van der Waals surface area contributed by atoms with Crippen LogP contribution in [0.15, 0.2) is 24.3 Å². The highest BCUT2D eigenvalue weighted by Gasteiger charge is 2.34. The molecule has 0 bridgehead atoms. The van der Waals surface area contributed by atoms with Crippen molar-refractivity contribution in [3.63, 3.8) is 0 Å². The van der Waals surface area contributed by atoms with Crippen molar-refractivity contribution in [2.24, 2.45) is 11.5 Å². The number of carbonyl (C=O) groups is 1. The number of urea groups is 1. The van der Waals surface area contributed by atoms with Gasteiger partial charge in [-0.15, -0.1) is 0 Å². The summed E-state index contributed by atoms with van der Waals surface area (Å²) in [5, 5.41) is 2.71. The molecule has 5 N–H and O–H groups in total. The molecule has 4 heteroatoms. The Morgan fingerprint density at radius 2 is 1.89 bits per heavy atom. The molecule has 1 aromatic rings. The fraction of sp³-hybridized carbons (Fsp3) is 0.500. The van der Waals surface area contributed by atoms with E-state index in [0.29, 0.717) is 6.54 Å². The van der Waals surface area contributed by atoms with Crippen LogP contribution in [0.3, 0.4) is 0 Å². The highest BCUT2D eigenvalue weighted by atomic mass is 16.2. The van der Waals surface area contributed by atoms with Gasteiger partial charge in [0.1, 0.15) is 0 Å². The molecule has 1 aliphatic rings. The number of primary amides is 1. The minimum absolute atomic E-state index is 0.00269. The minimum atomic E-state index is -0.523. The van der Waals surface area contributed by atoms with Crippen molar-refractivity contribution < 1.29 is 4.79 Å². The summed E-state index contributed by atoms with van der Waals surface area (Å²) in [5.74, 6) is 0. The number of nitrogens with one attached hydrogen (secondary N) is 1. The van der Waals surface area contributed by atoms with Crippen LogP contribution in [-0.2, 0) is 5.41 Å². The molecule has 18 heavy (non-hydrogen) atoms. The van der Waals surface area contributed by atoms with Gasteiger partial charge in [0.15, 0.2) is 0 Å². The maximum absolute atomic E-state index is 11.1. The molecule has 1 saturated carbocycles. The van der Waals surface area contributed by atoms with E-state index in [1.54, 1.807) is 0 Å². The van der Waals surface area contributed by atoms with Gasteiger partial charge in [0, 0.05) is 17.6 Å². The van der Waals surface area contributed by atoms with Crippen LogP contribution in [0.4, 0.5) is 10.5 Å². The maximum Gasteiger partial charge on any atom is 0.316 e. The Morgan fingerprint density at radius 1 is 1.22 bits per heavy atom. The SMILES string of the molecule is NCC1(c2ccccc2NC(N)=O)CCCCC1. The molecular formula is C14H21N3O. The van der Waals surface area contributed by atoms with Gasteiger partial charge in [0.05, 0.1) is 0 Å². The monoisotopic (exact) mass is 247 g/mol. The first-order chi connectivity index (χ1) is 8.68. The van der Waals surface area contributed by atoms with Crippen LogP contribution in [0.5, 0.6) is 0 Å². The van der Waals surface area contributed by atoms with Crippen molar-refractivity contribution in [2.45, 2.75) is 37.5 Å².